The summed E-state index contributed by atoms with van der Waals surface area (Å²) in [5.74, 6) is 2.64. The summed E-state index contributed by atoms with van der Waals surface area (Å²) in [6.07, 6.45) is 2.39. The summed E-state index contributed by atoms with van der Waals surface area (Å²) in [6, 6.07) is 8.35. The molecule has 2 nitrogen and oxygen atoms in total. The quantitative estimate of drug-likeness (QED) is 0.891. The van der Waals surface area contributed by atoms with Crippen LogP contribution in [0.25, 0.3) is 0 Å². The Labute approximate surface area is 108 Å². The fraction of sp³-hybridized carbons (Fsp3) is 0.571. The zero-order valence-corrected chi connectivity index (χ0v) is 11.4. The van der Waals surface area contributed by atoms with Crippen LogP contribution < -0.4 is 10.5 Å². The van der Waals surface area contributed by atoms with Gasteiger partial charge in [0, 0.05) is 16.7 Å². The molecule has 94 valence electrons. The van der Waals surface area contributed by atoms with Crippen LogP contribution in [0.3, 0.4) is 0 Å². The van der Waals surface area contributed by atoms with Gasteiger partial charge in [-0.15, -0.1) is 11.8 Å². The van der Waals surface area contributed by atoms with Crippen molar-refractivity contribution >= 4 is 11.8 Å². The molecule has 0 radical (unpaired) electrons. The van der Waals surface area contributed by atoms with E-state index in [2.05, 4.69) is 26.0 Å². The third-order valence-electron chi connectivity index (χ3n) is 3.38. The molecule has 0 saturated carbocycles. The molecule has 17 heavy (non-hydrogen) atoms. The van der Waals surface area contributed by atoms with E-state index in [0.717, 1.165) is 17.9 Å². The Balaban J connectivity index is 1.97. The van der Waals surface area contributed by atoms with Gasteiger partial charge in [-0.2, -0.15) is 0 Å². The number of rotatable bonds is 4. The Morgan fingerprint density at radius 2 is 2.24 bits per heavy atom. The molecule has 2 rings (SSSR count). The molecule has 1 aromatic carbocycles. The summed E-state index contributed by atoms with van der Waals surface area (Å²) in [7, 11) is 0. The van der Waals surface area contributed by atoms with E-state index in [0.29, 0.717) is 5.92 Å². The lowest BCUT2D eigenvalue weighted by Crippen LogP contribution is -2.43. The summed E-state index contributed by atoms with van der Waals surface area (Å²) < 4.78 is 5.99. The van der Waals surface area contributed by atoms with E-state index in [1.54, 1.807) is 0 Å². The maximum absolute atomic E-state index is 6.24. The number of hydrogen-bond acceptors (Lipinski definition) is 3. The Kier molecular flexibility index (Phi) is 4.35. The second kappa shape index (κ2) is 5.78. The van der Waals surface area contributed by atoms with Gasteiger partial charge in [-0.3, -0.25) is 0 Å². The fourth-order valence-corrected chi connectivity index (χ4v) is 3.12. The molecule has 1 aliphatic heterocycles. The fourth-order valence-electron chi connectivity index (χ4n) is 2.03. The van der Waals surface area contributed by atoms with Crippen LogP contribution in [0.4, 0.5) is 0 Å². The minimum Gasteiger partial charge on any atom is -0.487 e. The maximum Gasteiger partial charge on any atom is 0.133 e. The van der Waals surface area contributed by atoms with Crippen molar-refractivity contribution in [3.05, 3.63) is 24.3 Å². The number of hydrogen-bond donors (Lipinski definition) is 1. The number of thioether (sulfide) groups is 1. The molecule has 3 unspecified atom stereocenters. The van der Waals surface area contributed by atoms with E-state index >= 15 is 0 Å². The van der Waals surface area contributed by atoms with Crippen LogP contribution in [-0.4, -0.2) is 17.9 Å². The highest BCUT2D eigenvalue weighted by Crippen LogP contribution is 2.36. The van der Waals surface area contributed by atoms with Gasteiger partial charge in [-0.05, 0) is 24.5 Å². The normalized spacial score (nSPS) is 22.4. The number of nitrogens with two attached hydrogens (primary N) is 1. The minimum atomic E-state index is 0.144. The molecular weight excluding hydrogens is 230 g/mol. The van der Waals surface area contributed by atoms with E-state index in [1.807, 2.05) is 23.9 Å². The first-order valence-corrected chi connectivity index (χ1v) is 7.33. The lowest BCUT2D eigenvalue weighted by molar-refractivity contribution is 0.171. The standard InChI is InChI=1S/C14H21NOS/c1-3-10(2)8-11(15)13-9-17-14-7-5-4-6-12(14)16-13/h4-7,10-11,13H,3,8-9,15H2,1-2H3. The van der Waals surface area contributed by atoms with Crippen molar-refractivity contribution in [1.82, 2.24) is 0 Å². The third-order valence-corrected chi connectivity index (χ3v) is 4.52. The van der Waals surface area contributed by atoms with Crippen molar-refractivity contribution in [3.63, 3.8) is 0 Å². The van der Waals surface area contributed by atoms with Crippen LogP contribution in [0.5, 0.6) is 5.75 Å². The van der Waals surface area contributed by atoms with Gasteiger partial charge in [0.05, 0.1) is 0 Å². The molecule has 3 atom stereocenters. The highest BCUT2D eigenvalue weighted by molar-refractivity contribution is 7.99. The maximum atomic E-state index is 6.24. The van der Waals surface area contributed by atoms with Crippen LogP contribution in [0.1, 0.15) is 26.7 Å². The summed E-state index contributed by atoms with van der Waals surface area (Å²) >= 11 is 1.85. The van der Waals surface area contributed by atoms with Crippen molar-refractivity contribution in [2.45, 2.75) is 43.7 Å². The van der Waals surface area contributed by atoms with Crippen LogP contribution in [0, 0.1) is 5.92 Å². The molecule has 0 saturated heterocycles. The Morgan fingerprint density at radius 1 is 1.47 bits per heavy atom. The number of para-hydroxylation sites is 1. The molecule has 0 aliphatic carbocycles. The molecule has 1 aliphatic rings. The van der Waals surface area contributed by atoms with Crippen molar-refractivity contribution in [1.29, 1.82) is 0 Å². The SMILES string of the molecule is CCC(C)CC(N)C1CSc2ccccc2O1. The number of benzene rings is 1. The van der Waals surface area contributed by atoms with E-state index in [9.17, 15) is 0 Å². The summed E-state index contributed by atoms with van der Waals surface area (Å²) in [5.41, 5.74) is 6.24. The number of fused-ring (bicyclic) bond motifs is 1. The second-order valence-electron chi connectivity index (χ2n) is 4.83. The monoisotopic (exact) mass is 251 g/mol. The van der Waals surface area contributed by atoms with E-state index in [-0.39, 0.29) is 12.1 Å². The first-order valence-electron chi connectivity index (χ1n) is 6.34. The molecule has 0 fully saturated rings. The van der Waals surface area contributed by atoms with Crippen molar-refractivity contribution in [2.24, 2.45) is 11.7 Å². The van der Waals surface area contributed by atoms with Crippen LogP contribution in [0.15, 0.2) is 29.2 Å². The van der Waals surface area contributed by atoms with Crippen LogP contribution in [-0.2, 0) is 0 Å². The molecule has 0 spiro atoms. The van der Waals surface area contributed by atoms with Crippen molar-refractivity contribution in [3.8, 4) is 5.75 Å². The molecule has 0 bridgehead atoms. The predicted octanol–water partition coefficient (Wildman–Crippen LogP) is 3.30. The Bertz CT molecular complexity index is 369. The molecule has 1 heterocycles. The molecule has 2 N–H and O–H groups in total. The average Bonchev–Trinajstić information content (AvgIpc) is 2.38. The minimum absolute atomic E-state index is 0.144. The number of ether oxygens (including phenoxy) is 1. The van der Waals surface area contributed by atoms with Crippen molar-refractivity contribution in [2.75, 3.05) is 5.75 Å². The van der Waals surface area contributed by atoms with Crippen molar-refractivity contribution < 1.29 is 4.74 Å². The smallest absolute Gasteiger partial charge is 0.133 e. The summed E-state index contributed by atoms with van der Waals surface area (Å²) in [5, 5.41) is 0. The van der Waals surface area contributed by atoms with Crippen LogP contribution >= 0.6 is 11.8 Å². The second-order valence-corrected chi connectivity index (χ2v) is 5.89. The topological polar surface area (TPSA) is 35.2 Å². The van der Waals surface area contributed by atoms with Gasteiger partial charge in [0.1, 0.15) is 11.9 Å². The third kappa shape index (κ3) is 3.17. The molecule has 0 amide bonds. The summed E-state index contributed by atoms with van der Waals surface area (Å²) in [4.78, 5) is 1.24. The Morgan fingerprint density at radius 3 is 3.00 bits per heavy atom. The highest BCUT2D eigenvalue weighted by atomic mass is 32.2. The molecule has 0 aromatic heterocycles. The molecular formula is C14H21NOS. The van der Waals surface area contributed by atoms with Gasteiger partial charge in [0.15, 0.2) is 0 Å². The van der Waals surface area contributed by atoms with E-state index in [1.165, 1.54) is 11.3 Å². The first kappa shape index (κ1) is 12.8. The van der Waals surface area contributed by atoms with Crippen LogP contribution in [0.2, 0.25) is 0 Å². The lowest BCUT2D eigenvalue weighted by Gasteiger charge is -2.30. The average molecular weight is 251 g/mol. The van der Waals surface area contributed by atoms with Gasteiger partial charge in [-0.25, -0.2) is 0 Å². The zero-order valence-electron chi connectivity index (χ0n) is 10.6. The molecule has 3 heteroatoms. The van der Waals surface area contributed by atoms with Gasteiger partial charge >= 0.3 is 0 Å². The summed E-state index contributed by atoms with van der Waals surface area (Å²) in [6.45, 7) is 4.47. The highest BCUT2D eigenvalue weighted by Gasteiger charge is 2.26. The largest absolute Gasteiger partial charge is 0.487 e. The van der Waals surface area contributed by atoms with Gasteiger partial charge in [0.2, 0.25) is 0 Å². The van der Waals surface area contributed by atoms with E-state index < -0.39 is 0 Å². The predicted molar refractivity (Wildman–Crippen MR) is 73.6 cm³/mol. The van der Waals surface area contributed by atoms with E-state index in [4.69, 9.17) is 10.5 Å². The zero-order chi connectivity index (χ0) is 12.3. The van der Waals surface area contributed by atoms with Gasteiger partial charge < -0.3 is 10.5 Å². The lowest BCUT2D eigenvalue weighted by atomic mass is 9.97. The first-order chi connectivity index (χ1) is 8.20. The molecule has 1 aromatic rings. The van der Waals surface area contributed by atoms with Gasteiger partial charge in [-0.1, -0.05) is 32.4 Å². The van der Waals surface area contributed by atoms with Gasteiger partial charge in [0.25, 0.3) is 0 Å². The Hall–Kier alpha value is -0.670.